The number of thiazole rings is 1. The van der Waals surface area contributed by atoms with E-state index >= 15 is 0 Å². The van der Waals surface area contributed by atoms with E-state index in [0.717, 1.165) is 38.8 Å². The zero-order valence-electron chi connectivity index (χ0n) is 16.2. The largest absolute Gasteiger partial charge is 0.497 e. The molecular weight excluding hydrogens is 358 g/mol. The molecule has 3 rings (SSSR count). The van der Waals surface area contributed by atoms with Gasteiger partial charge in [-0.25, -0.2) is 4.68 Å². The van der Waals surface area contributed by atoms with Gasteiger partial charge in [0.2, 0.25) is 4.80 Å². The smallest absolute Gasteiger partial charge is 0.205 e. The summed E-state index contributed by atoms with van der Waals surface area (Å²) in [5, 5.41) is 6.89. The van der Waals surface area contributed by atoms with Crippen LogP contribution in [0.3, 0.4) is 0 Å². The van der Waals surface area contributed by atoms with Crippen LogP contribution in [0.4, 0.5) is 0 Å². The molecule has 0 atom stereocenters. The lowest BCUT2D eigenvalue weighted by molar-refractivity contribution is 0.395. The Bertz CT molecular complexity index is 1030. The third-order valence-electron chi connectivity index (χ3n) is 4.28. The zero-order chi connectivity index (χ0) is 19.4. The lowest BCUT2D eigenvalue weighted by Crippen LogP contribution is -2.14. The Morgan fingerprint density at radius 1 is 1.04 bits per heavy atom. The lowest BCUT2D eigenvalue weighted by Gasteiger charge is -2.11. The third kappa shape index (κ3) is 3.95. The Morgan fingerprint density at radius 3 is 2.41 bits per heavy atom. The van der Waals surface area contributed by atoms with Crippen molar-refractivity contribution < 1.29 is 9.47 Å². The van der Waals surface area contributed by atoms with Gasteiger partial charge >= 0.3 is 0 Å². The highest BCUT2D eigenvalue weighted by Crippen LogP contribution is 2.33. The lowest BCUT2D eigenvalue weighted by atomic mass is 10.1. The molecule has 0 amide bonds. The van der Waals surface area contributed by atoms with E-state index in [1.807, 2.05) is 35.2 Å². The maximum absolute atomic E-state index is 5.58. The molecule has 0 aliphatic heterocycles. The van der Waals surface area contributed by atoms with Gasteiger partial charge in [-0.15, -0.1) is 11.3 Å². The number of hydrogen-bond acceptors (Lipinski definition) is 5. The van der Waals surface area contributed by atoms with Gasteiger partial charge in [-0.1, -0.05) is 29.8 Å². The molecule has 0 radical (unpaired) electrons. The van der Waals surface area contributed by atoms with Gasteiger partial charge in [0, 0.05) is 24.1 Å². The Balaban J connectivity index is 2.14. The van der Waals surface area contributed by atoms with Crippen molar-refractivity contribution in [1.82, 2.24) is 4.68 Å². The molecule has 5 nitrogen and oxygen atoms in total. The van der Waals surface area contributed by atoms with Crippen LogP contribution in [0.2, 0.25) is 0 Å². The second kappa shape index (κ2) is 8.22. The number of nitrogens with zero attached hydrogens (tertiary/aromatic N) is 3. The summed E-state index contributed by atoms with van der Waals surface area (Å²) < 4.78 is 12.7. The van der Waals surface area contributed by atoms with Crippen LogP contribution in [0.1, 0.15) is 18.1 Å². The molecule has 0 aliphatic rings. The van der Waals surface area contributed by atoms with Gasteiger partial charge in [-0.3, -0.25) is 4.99 Å². The van der Waals surface area contributed by atoms with Gasteiger partial charge in [-0.2, -0.15) is 5.10 Å². The van der Waals surface area contributed by atoms with Gasteiger partial charge in [0.05, 0.1) is 25.6 Å². The summed E-state index contributed by atoms with van der Waals surface area (Å²) in [6.45, 7) is 4.08. The minimum Gasteiger partial charge on any atom is -0.497 e. The molecule has 1 heterocycles. The van der Waals surface area contributed by atoms with Crippen LogP contribution < -0.4 is 14.3 Å². The summed E-state index contributed by atoms with van der Waals surface area (Å²) >= 11 is 1.54. The van der Waals surface area contributed by atoms with E-state index in [0.29, 0.717) is 0 Å². The number of aromatic nitrogens is 1. The first-order valence-electron chi connectivity index (χ1n) is 8.55. The fourth-order valence-corrected chi connectivity index (χ4v) is 3.53. The Kier molecular flexibility index (Phi) is 5.76. The van der Waals surface area contributed by atoms with Crippen molar-refractivity contribution in [2.75, 3.05) is 21.3 Å². The molecule has 2 aromatic carbocycles. The molecule has 0 fully saturated rings. The summed E-state index contributed by atoms with van der Waals surface area (Å²) in [6.07, 6.45) is 0. The Labute approximate surface area is 163 Å². The summed E-state index contributed by atoms with van der Waals surface area (Å²) in [6, 6.07) is 14.1. The predicted molar refractivity (Wildman–Crippen MR) is 111 cm³/mol. The fourth-order valence-electron chi connectivity index (χ4n) is 2.75. The SMILES string of the molecule is CN=c1scc(-c2ccc(OC)cc2OC)n1N=C(C)c1ccc(C)cc1. The third-order valence-corrected chi connectivity index (χ3v) is 5.19. The number of methoxy groups -OCH3 is 2. The highest BCUT2D eigenvalue weighted by atomic mass is 32.1. The van der Waals surface area contributed by atoms with E-state index in [1.54, 1.807) is 32.6 Å². The molecule has 140 valence electrons. The van der Waals surface area contributed by atoms with E-state index in [1.165, 1.54) is 5.56 Å². The standard InChI is InChI=1S/C21H23N3O2S/c1-14-6-8-16(9-7-14)15(2)23-24-19(13-27-21(24)22-3)18-11-10-17(25-4)12-20(18)26-5/h6-13H,1-5H3. The Hall–Kier alpha value is -2.86. The molecule has 0 saturated heterocycles. The molecule has 0 aliphatic carbocycles. The number of rotatable bonds is 5. The fraction of sp³-hybridized carbons (Fsp3) is 0.238. The van der Waals surface area contributed by atoms with E-state index < -0.39 is 0 Å². The molecule has 0 N–H and O–H groups in total. The van der Waals surface area contributed by atoms with Gasteiger partial charge < -0.3 is 9.47 Å². The van der Waals surface area contributed by atoms with Crippen molar-refractivity contribution in [3.05, 3.63) is 63.8 Å². The molecule has 3 aromatic rings. The van der Waals surface area contributed by atoms with Crippen molar-refractivity contribution in [1.29, 1.82) is 0 Å². The van der Waals surface area contributed by atoms with Crippen molar-refractivity contribution >= 4 is 17.0 Å². The monoisotopic (exact) mass is 381 g/mol. The topological polar surface area (TPSA) is 48.1 Å². The summed E-state index contributed by atoms with van der Waals surface area (Å²) in [7, 11) is 5.07. The minimum absolute atomic E-state index is 0.728. The first-order valence-corrected chi connectivity index (χ1v) is 9.43. The first kappa shape index (κ1) is 18.9. The number of aryl methyl sites for hydroxylation is 1. The zero-order valence-corrected chi connectivity index (χ0v) is 17.0. The maximum atomic E-state index is 5.58. The van der Waals surface area contributed by atoms with Crippen LogP contribution in [0.25, 0.3) is 11.3 Å². The van der Waals surface area contributed by atoms with Crippen molar-refractivity contribution in [2.45, 2.75) is 13.8 Å². The Morgan fingerprint density at radius 2 is 1.78 bits per heavy atom. The summed E-state index contributed by atoms with van der Waals surface area (Å²) in [5.41, 5.74) is 5.07. The van der Waals surface area contributed by atoms with Crippen molar-refractivity contribution in [3.63, 3.8) is 0 Å². The highest BCUT2D eigenvalue weighted by molar-refractivity contribution is 7.07. The molecule has 1 aromatic heterocycles. The van der Waals surface area contributed by atoms with E-state index in [-0.39, 0.29) is 0 Å². The molecule has 0 unspecified atom stereocenters. The highest BCUT2D eigenvalue weighted by Gasteiger charge is 2.14. The van der Waals surface area contributed by atoms with E-state index in [2.05, 4.69) is 36.2 Å². The maximum Gasteiger partial charge on any atom is 0.205 e. The van der Waals surface area contributed by atoms with Crippen LogP contribution in [-0.4, -0.2) is 31.7 Å². The van der Waals surface area contributed by atoms with Crippen LogP contribution in [0.5, 0.6) is 11.5 Å². The van der Waals surface area contributed by atoms with Crippen LogP contribution >= 0.6 is 11.3 Å². The van der Waals surface area contributed by atoms with Crippen LogP contribution in [0.15, 0.2) is 57.9 Å². The van der Waals surface area contributed by atoms with Gasteiger partial charge in [0.15, 0.2) is 0 Å². The summed E-state index contributed by atoms with van der Waals surface area (Å²) in [4.78, 5) is 5.19. The normalized spacial score (nSPS) is 12.3. The molecule has 27 heavy (non-hydrogen) atoms. The molecule has 0 saturated carbocycles. The van der Waals surface area contributed by atoms with Gasteiger partial charge in [-0.05, 0) is 31.5 Å². The molecule has 0 spiro atoms. The molecule has 6 heteroatoms. The quantitative estimate of drug-likeness (QED) is 0.617. The average molecular weight is 382 g/mol. The van der Waals surface area contributed by atoms with Gasteiger partial charge in [0.1, 0.15) is 11.5 Å². The van der Waals surface area contributed by atoms with Crippen LogP contribution in [0, 0.1) is 6.92 Å². The van der Waals surface area contributed by atoms with E-state index in [9.17, 15) is 0 Å². The molecule has 0 bridgehead atoms. The second-order valence-electron chi connectivity index (χ2n) is 6.06. The van der Waals surface area contributed by atoms with E-state index in [4.69, 9.17) is 14.6 Å². The average Bonchev–Trinajstić information content (AvgIpc) is 3.10. The number of ether oxygens (including phenoxy) is 2. The second-order valence-corrected chi connectivity index (χ2v) is 6.89. The number of benzene rings is 2. The summed E-state index contributed by atoms with van der Waals surface area (Å²) in [5.74, 6) is 1.48. The van der Waals surface area contributed by atoms with Crippen LogP contribution in [-0.2, 0) is 0 Å². The van der Waals surface area contributed by atoms with Gasteiger partial charge in [0.25, 0.3) is 0 Å². The molecular formula is C21H23N3O2S. The predicted octanol–water partition coefficient (Wildman–Crippen LogP) is 4.35. The number of hydrogen-bond donors (Lipinski definition) is 0. The minimum atomic E-state index is 0.728. The first-order chi connectivity index (χ1) is 13.1. The van der Waals surface area contributed by atoms with Crippen molar-refractivity contribution in [3.8, 4) is 22.8 Å². The van der Waals surface area contributed by atoms with Crippen molar-refractivity contribution in [2.24, 2.45) is 10.1 Å².